The van der Waals surface area contributed by atoms with E-state index in [1.807, 2.05) is 0 Å². The number of benzene rings is 2. The van der Waals surface area contributed by atoms with Crippen molar-refractivity contribution in [1.82, 2.24) is 20.2 Å². The van der Waals surface area contributed by atoms with Gasteiger partial charge >= 0.3 is 6.18 Å². The minimum Gasteiger partial charge on any atom is -0.495 e. The lowest BCUT2D eigenvalue weighted by Gasteiger charge is -2.33. The van der Waals surface area contributed by atoms with Crippen LogP contribution in [0.15, 0.2) is 42.6 Å². The first-order valence-corrected chi connectivity index (χ1v) is 17.3. The number of alkyl halides is 3. The summed E-state index contributed by atoms with van der Waals surface area (Å²) in [7, 11) is -0.826. The minimum absolute atomic E-state index is 0.0491. The number of aryl methyl sites for hydroxylation is 1. The fourth-order valence-corrected chi connectivity index (χ4v) is 6.12. The molecule has 1 saturated heterocycles. The summed E-state index contributed by atoms with van der Waals surface area (Å²) in [6.45, 7) is 4.58. The Morgan fingerprint density at radius 1 is 1.15 bits per heavy atom. The van der Waals surface area contributed by atoms with Crippen molar-refractivity contribution in [3.05, 3.63) is 64.8 Å². The Balaban J connectivity index is 1.32. The van der Waals surface area contributed by atoms with E-state index in [-0.39, 0.29) is 30.2 Å². The van der Waals surface area contributed by atoms with E-state index in [0.717, 1.165) is 54.5 Å². The number of aromatic nitrogens is 2. The average molecular weight is 676 g/mol. The Labute approximate surface area is 273 Å². The van der Waals surface area contributed by atoms with E-state index >= 15 is 0 Å². The van der Waals surface area contributed by atoms with Crippen LogP contribution in [0.2, 0.25) is 0 Å². The zero-order valence-electron chi connectivity index (χ0n) is 26.8. The third kappa shape index (κ3) is 8.83. The number of hydrogen-bond acceptors (Lipinski definition) is 9. The van der Waals surface area contributed by atoms with Crippen LogP contribution in [0.4, 0.5) is 36.3 Å². The fourth-order valence-electron chi connectivity index (χ4n) is 5.59. The largest absolute Gasteiger partial charge is 0.495 e. The zero-order valence-corrected chi connectivity index (χ0v) is 27.6. The molecule has 1 aliphatic carbocycles. The molecule has 15 heteroatoms. The molecule has 1 aromatic heterocycles. The summed E-state index contributed by atoms with van der Waals surface area (Å²) in [6.07, 6.45) is 1.44. The summed E-state index contributed by atoms with van der Waals surface area (Å²) in [5.74, 6) is 0.183. The number of ether oxygens (including phenoxy) is 1. The van der Waals surface area contributed by atoms with Crippen LogP contribution in [0.5, 0.6) is 5.75 Å². The standard InChI is InChI=1S/C32H40F3N7O4S/c1-20-7-10-23(27(14-20)41(2)47(4,44)45)16-36-29-25(32(33,34)35)17-37-31(40-29)39-26-12-11-22(15-28(26)46-3)30(43)38-24-6-5-13-42(19-24)18-21-8-9-21/h7,10-12,14-15,17,21,24H,5-6,8-9,13,16,18-19H2,1-4H3,(H,38,43)(H2,36,37,39,40)/t24-/m1/s1. The van der Waals surface area contributed by atoms with Crippen molar-refractivity contribution < 1.29 is 31.1 Å². The van der Waals surface area contributed by atoms with Crippen LogP contribution >= 0.6 is 0 Å². The molecule has 1 aliphatic heterocycles. The second kappa shape index (κ2) is 13.9. The van der Waals surface area contributed by atoms with Gasteiger partial charge in [0.15, 0.2) is 0 Å². The van der Waals surface area contributed by atoms with Gasteiger partial charge in [0.1, 0.15) is 17.1 Å². The highest BCUT2D eigenvalue weighted by atomic mass is 32.2. The first kappa shape index (κ1) is 34.2. The average Bonchev–Trinajstić information content (AvgIpc) is 3.83. The molecule has 1 amide bonds. The molecule has 0 bridgehead atoms. The normalized spacial score (nSPS) is 17.2. The molecule has 11 nitrogen and oxygen atoms in total. The van der Waals surface area contributed by atoms with Crippen molar-refractivity contribution in [3.8, 4) is 5.75 Å². The van der Waals surface area contributed by atoms with Crippen molar-refractivity contribution in [3.63, 3.8) is 0 Å². The lowest BCUT2D eigenvalue weighted by atomic mass is 10.0. The maximum absolute atomic E-state index is 13.9. The molecule has 1 atom stereocenters. The molecular weight excluding hydrogens is 635 g/mol. The number of likely N-dealkylation sites (tertiary alicyclic amines) is 1. The van der Waals surface area contributed by atoms with Crippen molar-refractivity contribution in [2.45, 2.75) is 51.4 Å². The lowest BCUT2D eigenvalue weighted by molar-refractivity contribution is -0.137. The highest BCUT2D eigenvalue weighted by molar-refractivity contribution is 7.92. The summed E-state index contributed by atoms with van der Waals surface area (Å²) in [6, 6.07) is 9.83. The van der Waals surface area contributed by atoms with E-state index in [1.54, 1.807) is 43.3 Å². The van der Waals surface area contributed by atoms with Gasteiger partial charge in [0.2, 0.25) is 16.0 Å². The molecule has 2 fully saturated rings. The van der Waals surface area contributed by atoms with Crippen LogP contribution < -0.4 is 25.0 Å². The molecule has 1 saturated carbocycles. The smallest absolute Gasteiger partial charge is 0.421 e. The van der Waals surface area contributed by atoms with Crippen LogP contribution in [-0.2, 0) is 22.7 Å². The fraction of sp³-hybridized carbons (Fsp3) is 0.469. The molecule has 3 aromatic rings. The number of rotatable bonds is 12. The molecule has 0 spiro atoms. The molecule has 5 rings (SSSR count). The highest BCUT2D eigenvalue weighted by Crippen LogP contribution is 2.36. The number of nitrogens with one attached hydrogen (secondary N) is 3. The van der Waals surface area contributed by atoms with Crippen LogP contribution in [0.25, 0.3) is 0 Å². The van der Waals surface area contributed by atoms with Gasteiger partial charge < -0.3 is 25.6 Å². The molecule has 0 unspecified atom stereocenters. The molecule has 2 heterocycles. The van der Waals surface area contributed by atoms with E-state index in [9.17, 15) is 26.4 Å². The molecule has 254 valence electrons. The van der Waals surface area contributed by atoms with E-state index in [4.69, 9.17) is 4.74 Å². The number of anilines is 4. The number of sulfonamides is 1. The van der Waals surface area contributed by atoms with Crippen LogP contribution in [0, 0.1) is 12.8 Å². The predicted molar refractivity (Wildman–Crippen MR) is 175 cm³/mol. The van der Waals surface area contributed by atoms with Gasteiger partial charge in [0.05, 0.1) is 24.7 Å². The molecule has 2 aromatic carbocycles. The number of halogens is 3. The molecule has 2 aliphatic rings. The zero-order chi connectivity index (χ0) is 33.9. The number of nitrogens with zero attached hydrogens (tertiary/aromatic N) is 4. The van der Waals surface area contributed by atoms with E-state index in [2.05, 4.69) is 30.8 Å². The quantitative estimate of drug-likeness (QED) is 0.238. The van der Waals surface area contributed by atoms with Gasteiger partial charge in [-0.2, -0.15) is 18.2 Å². The first-order valence-electron chi connectivity index (χ1n) is 15.4. The van der Waals surface area contributed by atoms with E-state index in [0.29, 0.717) is 28.7 Å². The second-order valence-corrected chi connectivity index (χ2v) is 14.2. The first-order chi connectivity index (χ1) is 22.2. The Morgan fingerprint density at radius 3 is 2.60 bits per heavy atom. The lowest BCUT2D eigenvalue weighted by Crippen LogP contribution is -2.48. The minimum atomic E-state index is -4.76. The maximum Gasteiger partial charge on any atom is 0.421 e. The SMILES string of the molecule is COc1cc(C(=O)N[C@@H]2CCCN(CC3CC3)C2)ccc1Nc1ncc(C(F)(F)F)c(NCc2ccc(C)cc2N(C)S(C)(=O)=O)n1. The Kier molecular flexibility index (Phi) is 10.2. The topological polar surface area (TPSA) is 129 Å². The molecular formula is C32H40F3N7O4S. The van der Waals surface area contributed by atoms with Gasteiger partial charge in [-0.1, -0.05) is 12.1 Å². The third-order valence-electron chi connectivity index (χ3n) is 8.38. The van der Waals surface area contributed by atoms with Crippen LogP contribution in [0.1, 0.15) is 52.7 Å². The Hall–Kier alpha value is -4.11. The maximum atomic E-state index is 13.9. The van der Waals surface area contributed by atoms with Gasteiger partial charge in [0.25, 0.3) is 5.91 Å². The number of amides is 1. The third-order valence-corrected chi connectivity index (χ3v) is 9.57. The van der Waals surface area contributed by atoms with Crippen LogP contribution in [-0.4, -0.2) is 75.3 Å². The molecule has 47 heavy (non-hydrogen) atoms. The number of piperidine rings is 1. The number of methoxy groups -OCH3 is 1. The second-order valence-electron chi connectivity index (χ2n) is 12.2. The van der Waals surface area contributed by atoms with Crippen LogP contribution in [0.3, 0.4) is 0 Å². The van der Waals surface area contributed by atoms with Gasteiger partial charge in [-0.15, -0.1) is 0 Å². The van der Waals surface area contributed by atoms with Gasteiger partial charge in [-0.3, -0.25) is 9.10 Å². The molecule has 0 radical (unpaired) electrons. The van der Waals surface area contributed by atoms with Gasteiger partial charge in [-0.05, 0) is 80.5 Å². The number of carbonyl (C=O) groups is 1. The van der Waals surface area contributed by atoms with E-state index < -0.39 is 27.6 Å². The van der Waals surface area contributed by atoms with Crippen molar-refractivity contribution >= 4 is 39.1 Å². The van der Waals surface area contributed by atoms with Crippen molar-refractivity contribution in [2.24, 2.45) is 5.92 Å². The predicted octanol–water partition coefficient (Wildman–Crippen LogP) is 5.17. The summed E-state index contributed by atoms with van der Waals surface area (Å²) in [5, 5.41) is 8.74. The van der Waals surface area contributed by atoms with Crippen molar-refractivity contribution in [1.29, 1.82) is 0 Å². The Bertz CT molecular complexity index is 1720. The summed E-state index contributed by atoms with van der Waals surface area (Å²) >= 11 is 0. The summed E-state index contributed by atoms with van der Waals surface area (Å²) in [4.78, 5) is 23.5. The monoisotopic (exact) mass is 675 g/mol. The van der Waals surface area contributed by atoms with Crippen molar-refractivity contribution in [2.75, 3.05) is 55.0 Å². The van der Waals surface area contributed by atoms with E-state index in [1.165, 1.54) is 27.0 Å². The Morgan fingerprint density at radius 2 is 1.91 bits per heavy atom. The highest BCUT2D eigenvalue weighted by Gasteiger charge is 2.35. The van der Waals surface area contributed by atoms with Gasteiger partial charge in [-0.25, -0.2) is 13.4 Å². The van der Waals surface area contributed by atoms with Gasteiger partial charge in [0, 0.05) is 44.5 Å². The summed E-state index contributed by atoms with van der Waals surface area (Å²) in [5.41, 5.74) is 1.20. The number of hydrogen-bond donors (Lipinski definition) is 3. The molecule has 3 N–H and O–H groups in total. The summed E-state index contributed by atoms with van der Waals surface area (Å²) < 4.78 is 72.8. The number of carbonyl (C=O) groups excluding carboxylic acids is 1.